The van der Waals surface area contributed by atoms with Crippen LogP contribution in [0.3, 0.4) is 0 Å². The Balaban J connectivity index is 2.12. The van der Waals surface area contributed by atoms with Crippen molar-refractivity contribution in [3.63, 3.8) is 0 Å². The van der Waals surface area contributed by atoms with Crippen molar-refractivity contribution < 1.29 is 5.11 Å². The highest BCUT2D eigenvalue weighted by atomic mass is 16.3. The normalized spacial score (nSPS) is 22.5. The Morgan fingerprint density at radius 1 is 1.18 bits per heavy atom. The Morgan fingerprint density at radius 2 is 1.82 bits per heavy atom. The van der Waals surface area contributed by atoms with E-state index >= 15 is 0 Å². The number of nitrogens with zero attached hydrogens (tertiary/aromatic N) is 1. The average Bonchev–Trinajstić information content (AvgIpc) is 2.34. The van der Waals surface area contributed by atoms with E-state index in [2.05, 4.69) is 4.98 Å². The minimum Gasteiger partial charge on any atom is -0.388 e. The van der Waals surface area contributed by atoms with E-state index in [1.54, 1.807) is 12.4 Å². The SMILES string of the molecule is NC(c1cccnc1)C1(O)CCCCCCC1. The summed E-state index contributed by atoms with van der Waals surface area (Å²) in [6.45, 7) is 0. The first-order valence-corrected chi connectivity index (χ1v) is 6.60. The van der Waals surface area contributed by atoms with Crippen LogP contribution in [-0.2, 0) is 0 Å². The molecule has 0 spiro atoms. The second-order valence-electron chi connectivity index (χ2n) is 5.14. The number of aromatic nitrogens is 1. The predicted molar refractivity (Wildman–Crippen MR) is 68.4 cm³/mol. The minimum absolute atomic E-state index is 0.311. The largest absolute Gasteiger partial charge is 0.388 e. The minimum atomic E-state index is -0.747. The van der Waals surface area contributed by atoms with Crippen LogP contribution in [-0.4, -0.2) is 15.7 Å². The van der Waals surface area contributed by atoms with Crippen molar-refractivity contribution in [3.8, 4) is 0 Å². The molecular formula is C14H22N2O. The maximum Gasteiger partial charge on any atom is 0.0840 e. The molecule has 0 amide bonds. The zero-order valence-electron chi connectivity index (χ0n) is 10.3. The van der Waals surface area contributed by atoms with Gasteiger partial charge in [0.05, 0.1) is 11.6 Å². The van der Waals surface area contributed by atoms with E-state index in [1.807, 2.05) is 12.1 Å². The number of pyridine rings is 1. The fraction of sp³-hybridized carbons (Fsp3) is 0.643. The molecule has 1 aliphatic carbocycles. The van der Waals surface area contributed by atoms with Crippen LogP contribution in [0.15, 0.2) is 24.5 Å². The van der Waals surface area contributed by atoms with Crippen molar-refractivity contribution in [2.45, 2.75) is 56.6 Å². The zero-order chi connectivity index (χ0) is 12.1. The topological polar surface area (TPSA) is 59.1 Å². The molecule has 2 rings (SSSR count). The molecule has 1 atom stereocenters. The monoisotopic (exact) mass is 234 g/mol. The summed E-state index contributed by atoms with van der Waals surface area (Å²) < 4.78 is 0. The summed E-state index contributed by atoms with van der Waals surface area (Å²) in [4.78, 5) is 4.08. The second kappa shape index (κ2) is 5.61. The number of aliphatic hydroxyl groups is 1. The van der Waals surface area contributed by atoms with Crippen LogP contribution >= 0.6 is 0 Å². The lowest BCUT2D eigenvalue weighted by molar-refractivity contribution is -0.0110. The van der Waals surface area contributed by atoms with Crippen molar-refractivity contribution >= 4 is 0 Å². The molecule has 0 radical (unpaired) electrons. The van der Waals surface area contributed by atoms with Crippen LogP contribution in [0.5, 0.6) is 0 Å². The summed E-state index contributed by atoms with van der Waals surface area (Å²) in [6, 6.07) is 3.52. The van der Waals surface area contributed by atoms with Gasteiger partial charge >= 0.3 is 0 Å². The molecule has 1 aromatic heterocycles. The number of nitrogens with two attached hydrogens (primary N) is 1. The van der Waals surface area contributed by atoms with Crippen LogP contribution in [0.1, 0.15) is 56.6 Å². The van der Waals surface area contributed by atoms with Gasteiger partial charge in [0.25, 0.3) is 0 Å². The molecule has 0 aromatic carbocycles. The molecule has 0 aliphatic heterocycles. The van der Waals surface area contributed by atoms with Crippen LogP contribution in [0.2, 0.25) is 0 Å². The summed E-state index contributed by atoms with van der Waals surface area (Å²) in [5, 5.41) is 10.7. The van der Waals surface area contributed by atoms with Gasteiger partial charge in [0.1, 0.15) is 0 Å². The van der Waals surface area contributed by atoms with Gasteiger partial charge < -0.3 is 10.8 Å². The highest BCUT2D eigenvalue weighted by Crippen LogP contribution is 2.35. The molecule has 3 heteroatoms. The zero-order valence-corrected chi connectivity index (χ0v) is 10.3. The molecule has 1 aliphatic rings. The Bertz CT molecular complexity index is 331. The molecule has 1 unspecified atom stereocenters. The van der Waals surface area contributed by atoms with Gasteiger partial charge in [0.15, 0.2) is 0 Å². The summed E-state index contributed by atoms with van der Waals surface area (Å²) in [6.07, 6.45) is 11.0. The lowest BCUT2D eigenvalue weighted by atomic mass is 9.79. The highest BCUT2D eigenvalue weighted by molar-refractivity contribution is 5.17. The molecule has 1 saturated carbocycles. The molecular weight excluding hydrogens is 212 g/mol. The second-order valence-corrected chi connectivity index (χ2v) is 5.14. The molecule has 1 aromatic rings. The first-order valence-electron chi connectivity index (χ1n) is 6.60. The van der Waals surface area contributed by atoms with E-state index in [0.29, 0.717) is 0 Å². The van der Waals surface area contributed by atoms with Gasteiger partial charge in [-0.25, -0.2) is 0 Å². The molecule has 1 heterocycles. The van der Waals surface area contributed by atoms with Gasteiger partial charge in [-0.1, -0.05) is 38.2 Å². The van der Waals surface area contributed by atoms with Crippen LogP contribution < -0.4 is 5.73 Å². The van der Waals surface area contributed by atoms with Crippen molar-refractivity contribution in [1.29, 1.82) is 0 Å². The Kier molecular flexibility index (Phi) is 4.13. The third-order valence-electron chi connectivity index (χ3n) is 3.84. The summed E-state index contributed by atoms with van der Waals surface area (Å²) in [5.74, 6) is 0. The third kappa shape index (κ3) is 3.05. The first-order chi connectivity index (χ1) is 8.22. The highest BCUT2D eigenvalue weighted by Gasteiger charge is 2.34. The van der Waals surface area contributed by atoms with Crippen LogP contribution in [0.4, 0.5) is 0 Å². The van der Waals surface area contributed by atoms with Crippen molar-refractivity contribution in [3.05, 3.63) is 30.1 Å². The third-order valence-corrected chi connectivity index (χ3v) is 3.84. The average molecular weight is 234 g/mol. The van der Waals surface area contributed by atoms with E-state index in [4.69, 9.17) is 5.73 Å². The van der Waals surface area contributed by atoms with Gasteiger partial charge in [0.2, 0.25) is 0 Å². The number of hydrogen-bond donors (Lipinski definition) is 2. The van der Waals surface area contributed by atoms with Crippen LogP contribution in [0.25, 0.3) is 0 Å². The van der Waals surface area contributed by atoms with Gasteiger partial charge in [-0.05, 0) is 24.5 Å². The molecule has 17 heavy (non-hydrogen) atoms. The molecule has 0 saturated heterocycles. The molecule has 0 bridgehead atoms. The fourth-order valence-corrected chi connectivity index (χ4v) is 2.70. The van der Waals surface area contributed by atoms with E-state index < -0.39 is 5.60 Å². The van der Waals surface area contributed by atoms with Crippen molar-refractivity contribution in [2.75, 3.05) is 0 Å². The lowest BCUT2D eigenvalue weighted by Crippen LogP contribution is -2.41. The van der Waals surface area contributed by atoms with E-state index in [9.17, 15) is 5.11 Å². The quantitative estimate of drug-likeness (QED) is 0.826. The number of hydrogen-bond acceptors (Lipinski definition) is 3. The standard InChI is InChI=1S/C14H22N2O/c15-13(12-7-6-10-16-11-12)14(17)8-4-2-1-3-5-9-14/h6-7,10-11,13,17H,1-5,8-9,15H2. The fourth-order valence-electron chi connectivity index (χ4n) is 2.70. The molecule has 3 N–H and O–H groups in total. The van der Waals surface area contributed by atoms with Gasteiger partial charge in [-0.15, -0.1) is 0 Å². The maximum atomic E-state index is 10.7. The Labute approximate surface area is 103 Å². The molecule has 3 nitrogen and oxygen atoms in total. The summed E-state index contributed by atoms with van der Waals surface area (Å²) in [5.41, 5.74) is 6.43. The first kappa shape index (κ1) is 12.5. The molecule has 94 valence electrons. The summed E-state index contributed by atoms with van der Waals surface area (Å²) >= 11 is 0. The van der Waals surface area contributed by atoms with Crippen molar-refractivity contribution in [1.82, 2.24) is 4.98 Å². The summed E-state index contributed by atoms with van der Waals surface area (Å²) in [7, 11) is 0. The van der Waals surface area contributed by atoms with Gasteiger partial charge in [-0.2, -0.15) is 0 Å². The van der Waals surface area contributed by atoms with E-state index in [1.165, 1.54) is 19.3 Å². The van der Waals surface area contributed by atoms with E-state index in [0.717, 1.165) is 31.2 Å². The van der Waals surface area contributed by atoms with Gasteiger partial charge in [0, 0.05) is 12.4 Å². The Morgan fingerprint density at radius 3 is 2.41 bits per heavy atom. The Hall–Kier alpha value is -0.930. The van der Waals surface area contributed by atoms with Crippen LogP contribution in [0, 0.1) is 0 Å². The predicted octanol–water partition coefficient (Wildman–Crippen LogP) is 2.56. The number of rotatable bonds is 2. The van der Waals surface area contributed by atoms with E-state index in [-0.39, 0.29) is 6.04 Å². The van der Waals surface area contributed by atoms with Crippen molar-refractivity contribution in [2.24, 2.45) is 5.73 Å². The molecule has 1 fully saturated rings. The smallest absolute Gasteiger partial charge is 0.0840 e. The van der Waals surface area contributed by atoms with Gasteiger partial charge in [-0.3, -0.25) is 4.98 Å². The maximum absolute atomic E-state index is 10.7. The lowest BCUT2D eigenvalue weighted by Gasteiger charge is -2.35.